The number of hydrogen-bond donors (Lipinski definition) is 1. The summed E-state index contributed by atoms with van der Waals surface area (Å²) < 4.78 is 4.94. The van der Waals surface area contributed by atoms with Crippen molar-refractivity contribution in [2.45, 2.75) is 59.0 Å². The Hall–Kier alpha value is -4.00. The van der Waals surface area contributed by atoms with Gasteiger partial charge in [0.25, 0.3) is 11.8 Å². The van der Waals surface area contributed by atoms with Crippen LogP contribution in [0.4, 0.5) is 5.69 Å². The molecule has 1 aromatic heterocycles. The van der Waals surface area contributed by atoms with Crippen molar-refractivity contribution in [1.29, 1.82) is 0 Å². The number of rotatable bonds is 10. The van der Waals surface area contributed by atoms with E-state index in [1.165, 1.54) is 25.5 Å². The fraction of sp³-hybridized carbons (Fsp3) is 0.355. The van der Waals surface area contributed by atoms with Gasteiger partial charge in [-0.25, -0.2) is 4.79 Å². The summed E-state index contributed by atoms with van der Waals surface area (Å²) in [6.45, 7) is 6.35. The molecule has 0 aliphatic carbocycles. The largest absolute Gasteiger partial charge is 0.467 e. The zero-order chi connectivity index (χ0) is 27.2. The van der Waals surface area contributed by atoms with Gasteiger partial charge in [-0.15, -0.1) is 0 Å². The van der Waals surface area contributed by atoms with E-state index in [-0.39, 0.29) is 17.7 Å². The third-order valence-corrected chi connectivity index (χ3v) is 6.95. The van der Waals surface area contributed by atoms with E-state index in [2.05, 4.69) is 17.2 Å². The fourth-order valence-electron chi connectivity index (χ4n) is 4.83. The number of benzene rings is 2. The highest BCUT2D eigenvalue weighted by molar-refractivity contribution is 6.04. The molecule has 1 N–H and O–H groups in total. The highest BCUT2D eigenvalue weighted by Crippen LogP contribution is 2.31. The van der Waals surface area contributed by atoms with Crippen molar-refractivity contribution in [2.75, 3.05) is 12.4 Å². The Balaban J connectivity index is 1.43. The topological polar surface area (TPSA) is 88.6 Å². The van der Waals surface area contributed by atoms with Gasteiger partial charge in [-0.3, -0.25) is 14.6 Å². The summed E-state index contributed by atoms with van der Waals surface area (Å²) in [7, 11) is 1.34. The van der Waals surface area contributed by atoms with Crippen LogP contribution < -0.4 is 5.32 Å². The summed E-state index contributed by atoms with van der Waals surface area (Å²) in [4.78, 5) is 44.3. The minimum atomic E-state index is -0.637. The molecule has 0 saturated carbocycles. The van der Waals surface area contributed by atoms with Gasteiger partial charge in [0.2, 0.25) is 0 Å². The number of aryl methyl sites for hydroxylation is 1. The third kappa shape index (κ3) is 5.93. The normalized spacial score (nSPS) is 13.4. The molecule has 2 aromatic carbocycles. The molecule has 0 radical (unpaired) electrons. The average Bonchev–Trinajstić information content (AvgIpc) is 3.24. The third-order valence-electron chi connectivity index (χ3n) is 6.95. The molecule has 1 aliphatic heterocycles. The molecule has 0 saturated heterocycles. The molecule has 7 nitrogen and oxygen atoms in total. The summed E-state index contributed by atoms with van der Waals surface area (Å²) in [5.41, 5.74) is 5.33. The van der Waals surface area contributed by atoms with Crippen LogP contribution in [-0.2, 0) is 22.5 Å². The number of carbonyl (C=O) groups excluding carboxylic acids is 3. The molecule has 0 fully saturated rings. The molecule has 4 rings (SSSR count). The lowest BCUT2D eigenvalue weighted by Crippen LogP contribution is -2.45. The lowest BCUT2D eigenvalue weighted by molar-refractivity contribution is -0.147. The molecule has 1 aliphatic rings. The van der Waals surface area contributed by atoms with Crippen LogP contribution in [0, 0.1) is 5.92 Å². The maximum Gasteiger partial charge on any atom is 0.328 e. The predicted molar refractivity (Wildman–Crippen MR) is 148 cm³/mol. The number of carbonyl (C=O) groups is 3. The van der Waals surface area contributed by atoms with Crippen LogP contribution in [0.15, 0.2) is 60.8 Å². The number of fused-ring (bicyclic) bond motifs is 1. The summed E-state index contributed by atoms with van der Waals surface area (Å²) in [6, 6.07) is 16.3. The van der Waals surface area contributed by atoms with Gasteiger partial charge in [-0.2, -0.15) is 0 Å². The Morgan fingerprint density at radius 1 is 1.05 bits per heavy atom. The van der Waals surface area contributed by atoms with Gasteiger partial charge in [0.05, 0.1) is 24.7 Å². The number of esters is 1. The first-order valence-electron chi connectivity index (χ1n) is 13.2. The highest BCUT2D eigenvalue weighted by Gasteiger charge is 2.38. The lowest BCUT2D eigenvalue weighted by Gasteiger charge is -2.28. The molecule has 1 unspecified atom stereocenters. The molecule has 1 atom stereocenters. The zero-order valence-electron chi connectivity index (χ0n) is 22.5. The quantitative estimate of drug-likeness (QED) is 0.270. The van der Waals surface area contributed by atoms with Crippen molar-refractivity contribution in [2.24, 2.45) is 5.92 Å². The second kappa shape index (κ2) is 12.0. The zero-order valence-corrected chi connectivity index (χ0v) is 22.5. The number of amides is 2. The number of hydrogen-bond acceptors (Lipinski definition) is 5. The number of nitrogens with zero attached hydrogens (tertiary/aromatic N) is 2. The van der Waals surface area contributed by atoms with Crippen LogP contribution in [0.3, 0.4) is 0 Å². The van der Waals surface area contributed by atoms with Gasteiger partial charge in [-0.05, 0) is 60.2 Å². The van der Waals surface area contributed by atoms with E-state index in [1.807, 2.05) is 62.4 Å². The predicted octanol–water partition coefficient (Wildman–Crippen LogP) is 5.89. The van der Waals surface area contributed by atoms with Crippen molar-refractivity contribution >= 4 is 23.5 Å². The van der Waals surface area contributed by atoms with Crippen molar-refractivity contribution < 1.29 is 19.1 Å². The van der Waals surface area contributed by atoms with Gasteiger partial charge >= 0.3 is 5.97 Å². The molecule has 2 heterocycles. The van der Waals surface area contributed by atoms with Gasteiger partial charge in [0.15, 0.2) is 0 Å². The SMILES string of the molecule is CCCCCc1ccc(C(=O)Nc2ccc(-c3ccc4c(c3)C(=O)N(C(C(=O)OC)C(C)C)C4)nc2)cc1. The molecule has 7 heteroatoms. The molecular weight excluding hydrogens is 478 g/mol. The van der Waals surface area contributed by atoms with Crippen LogP contribution in [0.5, 0.6) is 0 Å². The first-order valence-corrected chi connectivity index (χ1v) is 13.2. The molecule has 0 spiro atoms. The second-order valence-corrected chi connectivity index (χ2v) is 10.1. The second-order valence-electron chi connectivity index (χ2n) is 10.1. The average molecular weight is 514 g/mol. The van der Waals surface area contributed by atoms with E-state index >= 15 is 0 Å². The van der Waals surface area contributed by atoms with Crippen LogP contribution in [-0.4, -0.2) is 40.8 Å². The number of nitrogens with one attached hydrogen (secondary N) is 1. The molecule has 198 valence electrons. The minimum Gasteiger partial charge on any atom is -0.467 e. The number of anilines is 1. The number of unbranched alkanes of at least 4 members (excludes halogenated alkanes) is 2. The first kappa shape index (κ1) is 27.0. The van der Waals surface area contributed by atoms with Crippen LogP contribution in [0.1, 0.15) is 71.9 Å². The number of ether oxygens (including phenoxy) is 1. The standard InChI is InChI=1S/C31H35N3O4/c1-5-6-7-8-21-9-11-22(12-10-21)29(35)33-25-15-16-27(32-18-25)23-13-14-24-19-34(30(36)26(24)17-23)28(20(2)3)31(37)38-4/h9-18,20,28H,5-8,19H2,1-4H3,(H,33,35). The van der Waals surface area contributed by atoms with Crippen molar-refractivity contribution in [3.63, 3.8) is 0 Å². The molecule has 2 amide bonds. The summed E-state index contributed by atoms with van der Waals surface area (Å²) >= 11 is 0. The number of pyridine rings is 1. The van der Waals surface area contributed by atoms with E-state index < -0.39 is 12.0 Å². The molecule has 3 aromatic rings. The fourth-order valence-corrected chi connectivity index (χ4v) is 4.83. The lowest BCUT2D eigenvalue weighted by atomic mass is 10.0. The Kier molecular flexibility index (Phi) is 8.56. The van der Waals surface area contributed by atoms with Gasteiger partial charge < -0.3 is 15.0 Å². The van der Waals surface area contributed by atoms with Crippen molar-refractivity contribution in [3.8, 4) is 11.3 Å². The van der Waals surface area contributed by atoms with Crippen LogP contribution in [0.25, 0.3) is 11.3 Å². The van der Waals surface area contributed by atoms with Crippen molar-refractivity contribution in [3.05, 3.63) is 83.0 Å². The summed E-state index contributed by atoms with van der Waals surface area (Å²) in [6.07, 6.45) is 6.19. The van der Waals surface area contributed by atoms with E-state index in [4.69, 9.17) is 4.74 Å². The monoisotopic (exact) mass is 513 g/mol. The molecular formula is C31H35N3O4. The van der Waals surface area contributed by atoms with E-state index in [0.29, 0.717) is 29.1 Å². The Morgan fingerprint density at radius 3 is 2.45 bits per heavy atom. The molecule has 38 heavy (non-hydrogen) atoms. The first-order chi connectivity index (χ1) is 18.3. The highest BCUT2D eigenvalue weighted by atomic mass is 16.5. The Morgan fingerprint density at radius 2 is 1.82 bits per heavy atom. The number of aromatic nitrogens is 1. The van der Waals surface area contributed by atoms with E-state index in [9.17, 15) is 14.4 Å². The van der Waals surface area contributed by atoms with Gasteiger partial charge in [0, 0.05) is 23.2 Å². The van der Waals surface area contributed by atoms with Crippen LogP contribution >= 0.6 is 0 Å². The molecule has 0 bridgehead atoms. The minimum absolute atomic E-state index is 0.0756. The van der Waals surface area contributed by atoms with Crippen molar-refractivity contribution in [1.82, 2.24) is 9.88 Å². The Labute approximate surface area is 224 Å². The Bertz CT molecular complexity index is 1300. The van der Waals surface area contributed by atoms with Gasteiger partial charge in [-0.1, -0.05) is 57.9 Å². The summed E-state index contributed by atoms with van der Waals surface area (Å²) in [5, 5.41) is 2.90. The van der Waals surface area contributed by atoms with E-state index in [1.54, 1.807) is 17.2 Å². The maximum absolute atomic E-state index is 13.2. The van der Waals surface area contributed by atoms with E-state index in [0.717, 1.165) is 24.0 Å². The smallest absolute Gasteiger partial charge is 0.328 e. The maximum atomic E-state index is 13.2. The summed E-state index contributed by atoms with van der Waals surface area (Å²) in [5.74, 6) is -0.864. The van der Waals surface area contributed by atoms with Crippen LogP contribution in [0.2, 0.25) is 0 Å². The van der Waals surface area contributed by atoms with Gasteiger partial charge in [0.1, 0.15) is 6.04 Å². The number of methoxy groups -OCH3 is 1.